The van der Waals surface area contributed by atoms with Gasteiger partial charge in [-0.15, -0.1) is 0 Å². The van der Waals surface area contributed by atoms with E-state index in [9.17, 15) is 18.4 Å². The van der Waals surface area contributed by atoms with Crippen molar-refractivity contribution in [1.29, 1.82) is 0 Å². The molecule has 33 heavy (non-hydrogen) atoms. The molecule has 1 heterocycles. The van der Waals surface area contributed by atoms with Crippen LogP contribution in [0.4, 0.5) is 14.5 Å². The zero-order valence-corrected chi connectivity index (χ0v) is 18.9. The summed E-state index contributed by atoms with van der Waals surface area (Å²) in [6.07, 6.45) is 4.71. The SMILES string of the molecule is O=C(NNC(=S)NCCCN1CCCCC1)c1ccc(NC(=O)c2ccccc2F)cc1F. The first-order valence-corrected chi connectivity index (χ1v) is 11.3. The number of benzene rings is 2. The van der Waals surface area contributed by atoms with Crippen molar-refractivity contribution in [3.05, 3.63) is 65.2 Å². The number of hydrazine groups is 1. The molecule has 2 amide bonds. The first-order valence-electron chi connectivity index (χ1n) is 10.9. The Morgan fingerprint density at radius 3 is 2.36 bits per heavy atom. The van der Waals surface area contributed by atoms with Gasteiger partial charge < -0.3 is 15.5 Å². The number of carbonyl (C=O) groups excluding carboxylic acids is 2. The van der Waals surface area contributed by atoms with E-state index in [1.807, 2.05) is 0 Å². The third-order valence-corrected chi connectivity index (χ3v) is 5.51. The van der Waals surface area contributed by atoms with Crippen LogP contribution in [0.1, 0.15) is 46.4 Å². The van der Waals surface area contributed by atoms with Crippen LogP contribution < -0.4 is 21.5 Å². The number of rotatable bonds is 7. The zero-order chi connectivity index (χ0) is 23.6. The largest absolute Gasteiger partial charge is 0.361 e. The molecule has 1 aliphatic rings. The summed E-state index contributed by atoms with van der Waals surface area (Å²) in [5, 5.41) is 5.64. The Labute approximate surface area is 196 Å². The predicted octanol–water partition coefficient (Wildman–Crippen LogP) is 3.20. The highest BCUT2D eigenvalue weighted by Crippen LogP contribution is 2.16. The van der Waals surface area contributed by atoms with E-state index in [2.05, 4.69) is 26.4 Å². The van der Waals surface area contributed by atoms with Crippen molar-refractivity contribution in [3.8, 4) is 0 Å². The number of likely N-dealkylation sites (tertiary alicyclic amines) is 1. The summed E-state index contributed by atoms with van der Waals surface area (Å²) in [7, 11) is 0. The minimum absolute atomic E-state index is 0.0937. The van der Waals surface area contributed by atoms with Gasteiger partial charge in [0.05, 0.1) is 11.1 Å². The number of nitrogens with zero attached hydrogens (tertiary/aromatic N) is 1. The van der Waals surface area contributed by atoms with Gasteiger partial charge in [0.15, 0.2) is 5.11 Å². The van der Waals surface area contributed by atoms with Crippen LogP contribution in [0.15, 0.2) is 42.5 Å². The van der Waals surface area contributed by atoms with Crippen molar-refractivity contribution < 1.29 is 18.4 Å². The van der Waals surface area contributed by atoms with Crippen LogP contribution >= 0.6 is 12.2 Å². The maximum Gasteiger partial charge on any atom is 0.272 e. The van der Waals surface area contributed by atoms with Gasteiger partial charge in [-0.2, -0.15) is 0 Å². The highest BCUT2D eigenvalue weighted by Gasteiger charge is 2.15. The van der Waals surface area contributed by atoms with Gasteiger partial charge in [0.25, 0.3) is 11.8 Å². The molecular formula is C23H27F2N5O2S. The maximum absolute atomic E-state index is 14.4. The van der Waals surface area contributed by atoms with Gasteiger partial charge in [-0.1, -0.05) is 18.6 Å². The molecule has 3 rings (SSSR count). The molecule has 0 bridgehead atoms. The van der Waals surface area contributed by atoms with Crippen molar-refractivity contribution in [2.75, 3.05) is 31.5 Å². The van der Waals surface area contributed by atoms with Crippen LogP contribution in [0.3, 0.4) is 0 Å². The highest BCUT2D eigenvalue weighted by atomic mass is 32.1. The first kappa shape index (κ1) is 24.5. The Balaban J connectivity index is 1.42. The second-order valence-corrected chi connectivity index (χ2v) is 8.13. The second kappa shape index (κ2) is 12.2. The van der Waals surface area contributed by atoms with E-state index >= 15 is 0 Å². The Morgan fingerprint density at radius 2 is 1.64 bits per heavy atom. The molecule has 7 nitrogen and oxygen atoms in total. The average molecular weight is 476 g/mol. The van der Waals surface area contributed by atoms with E-state index in [4.69, 9.17) is 12.2 Å². The molecule has 0 saturated carbocycles. The lowest BCUT2D eigenvalue weighted by Crippen LogP contribution is -2.47. The molecule has 0 unspecified atom stereocenters. The average Bonchev–Trinajstić information content (AvgIpc) is 2.81. The number of thiocarbonyl (C=S) groups is 1. The predicted molar refractivity (Wildman–Crippen MR) is 127 cm³/mol. The van der Waals surface area contributed by atoms with Crippen LogP contribution in [0.5, 0.6) is 0 Å². The smallest absolute Gasteiger partial charge is 0.272 e. The molecule has 4 N–H and O–H groups in total. The fourth-order valence-corrected chi connectivity index (χ4v) is 3.69. The molecule has 1 aliphatic heterocycles. The molecule has 0 radical (unpaired) electrons. The fourth-order valence-electron chi connectivity index (χ4n) is 3.53. The molecule has 1 saturated heterocycles. The molecule has 0 aliphatic carbocycles. The van der Waals surface area contributed by atoms with E-state index in [-0.39, 0.29) is 21.9 Å². The van der Waals surface area contributed by atoms with Crippen molar-refractivity contribution in [2.24, 2.45) is 0 Å². The third-order valence-electron chi connectivity index (χ3n) is 5.26. The van der Waals surface area contributed by atoms with Gasteiger partial charge in [-0.05, 0) is 81.4 Å². The van der Waals surface area contributed by atoms with Gasteiger partial charge in [0.2, 0.25) is 0 Å². The molecule has 0 spiro atoms. The van der Waals surface area contributed by atoms with Gasteiger partial charge in [-0.25, -0.2) is 8.78 Å². The van der Waals surface area contributed by atoms with E-state index in [0.29, 0.717) is 6.54 Å². The monoisotopic (exact) mass is 475 g/mol. The summed E-state index contributed by atoms with van der Waals surface area (Å²) in [5.74, 6) is -2.98. The van der Waals surface area contributed by atoms with Crippen molar-refractivity contribution in [1.82, 2.24) is 21.1 Å². The maximum atomic E-state index is 14.4. The number of anilines is 1. The molecule has 1 fully saturated rings. The van der Waals surface area contributed by atoms with Gasteiger partial charge in [-0.3, -0.25) is 20.4 Å². The molecule has 0 aromatic heterocycles. The first-order chi connectivity index (χ1) is 15.9. The summed E-state index contributed by atoms with van der Waals surface area (Å²) in [6.45, 7) is 3.92. The Morgan fingerprint density at radius 1 is 0.909 bits per heavy atom. The normalized spacial score (nSPS) is 13.8. The number of nitrogens with one attached hydrogen (secondary N) is 4. The van der Waals surface area contributed by atoms with Crippen molar-refractivity contribution in [2.45, 2.75) is 25.7 Å². The minimum atomic E-state index is -0.846. The molecule has 0 atom stereocenters. The Hall–Kier alpha value is -3.11. The quantitative estimate of drug-likeness (QED) is 0.280. The Kier molecular flexibility index (Phi) is 9.08. The van der Waals surface area contributed by atoms with E-state index in [1.165, 1.54) is 49.6 Å². The number of halogens is 2. The third kappa shape index (κ3) is 7.47. The number of piperidine rings is 1. The number of hydrogen-bond donors (Lipinski definition) is 4. The van der Waals surface area contributed by atoms with Crippen LogP contribution in [0.25, 0.3) is 0 Å². The molecule has 2 aromatic carbocycles. The fraction of sp³-hybridized carbons (Fsp3) is 0.348. The van der Waals surface area contributed by atoms with Crippen molar-refractivity contribution in [3.63, 3.8) is 0 Å². The van der Waals surface area contributed by atoms with Crippen LogP contribution in [0.2, 0.25) is 0 Å². The van der Waals surface area contributed by atoms with Gasteiger partial charge in [0, 0.05) is 12.2 Å². The molecule has 2 aromatic rings. The summed E-state index contributed by atoms with van der Waals surface area (Å²) in [6, 6.07) is 9.03. The van der Waals surface area contributed by atoms with Crippen molar-refractivity contribution >= 4 is 34.8 Å². The highest BCUT2D eigenvalue weighted by molar-refractivity contribution is 7.80. The molecule has 10 heteroatoms. The topological polar surface area (TPSA) is 85.5 Å². The number of amides is 2. The lowest BCUT2D eigenvalue weighted by atomic mass is 10.1. The summed E-state index contributed by atoms with van der Waals surface area (Å²) < 4.78 is 28.1. The Bertz CT molecular complexity index is 999. The van der Waals surface area contributed by atoms with Crippen LogP contribution in [-0.2, 0) is 0 Å². The second-order valence-electron chi connectivity index (χ2n) is 7.72. The number of carbonyl (C=O) groups is 2. The molecular weight excluding hydrogens is 448 g/mol. The van der Waals surface area contributed by atoms with E-state index < -0.39 is 23.4 Å². The lowest BCUT2D eigenvalue weighted by molar-refractivity contribution is 0.0939. The van der Waals surface area contributed by atoms with E-state index in [1.54, 1.807) is 0 Å². The summed E-state index contributed by atoms with van der Waals surface area (Å²) in [5.41, 5.74) is 4.58. The summed E-state index contributed by atoms with van der Waals surface area (Å²) in [4.78, 5) is 26.8. The standard InChI is InChI=1S/C23H27F2N5O2S/c24-19-8-3-2-7-17(19)21(31)27-16-9-10-18(20(25)15-16)22(32)28-29-23(33)26-11-6-14-30-12-4-1-5-13-30/h2-3,7-10,15H,1,4-6,11-14H2,(H,27,31)(H,28,32)(H2,26,29,33). The number of hydrogen-bond acceptors (Lipinski definition) is 4. The van der Waals surface area contributed by atoms with Crippen LogP contribution in [-0.4, -0.2) is 48.0 Å². The summed E-state index contributed by atoms with van der Waals surface area (Å²) >= 11 is 5.13. The zero-order valence-electron chi connectivity index (χ0n) is 18.1. The molecule has 176 valence electrons. The minimum Gasteiger partial charge on any atom is -0.361 e. The lowest BCUT2D eigenvalue weighted by Gasteiger charge is -2.26. The van der Waals surface area contributed by atoms with Crippen LogP contribution in [0, 0.1) is 11.6 Å². The van der Waals surface area contributed by atoms with Gasteiger partial charge >= 0.3 is 0 Å². The van der Waals surface area contributed by atoms with E-state index in [0.717, 1.165) is 38.2 Å². The van der Waals surface area contributed by atoms with Gasteiger partial charge in [0.1, 0.15) is 11.6 Å².